The van der Waals surface area contributed by atoms with Crippen molar-refractivity contribution in [2.75, 3.05) is 4.90 Å². The van der Waals surface area contributed by atoms with Crippen molar-refractivity contribution < 1.29 is 14.0 Å². The molecule has 156 valence electrons. The first-order valence-corrected chi connectivity index (χ1v) is 10.3. The lowest BCUT2D eigenvalue weighted by atomic mass is 10.00. The van der Waals surface area contributed by atoms with Crippen LogP contribution in [-0.2, 0) is 4.79 Å². The quantitative estimate of drug-likeness (QED) is 0.619. The van der Waals surface area contributed by atoms with Crippen LogP contribution in [0.25, 0.3) is 0 Å². The van der Waals surface area contributed by atoms with Crippen LogP contribution < -0.4 is 10.2 Å². The van der Waals surface area contributed by atoms with Crippen molar-refractivity contribution in [3.05, 3.63) is 76.0 Å². The predicted molar refractivity (Wildman–Crippen MR) is 115 cm³/mol. The number of anilines is 1. The SMILES string of the molecule is CC(C)(C)NC(=O)[C@@H](c1ccccc1F)N(C(=O)c1csnn1)c1ccc(Cl)cc1. The van der Waals surface area contributed by atoms with Crippen molar-refractivity contribution in [2.45, 2.75) is 32.4 Å². The summed E-state index contributed by atoms with van der Waals surface area (Å²) in [5, 5.41) is 8.62. The minimum Gasteiger partial charge on any atom is -0.349 e. The van der Waals surface area contributed by atoms with Gasteiger partial charge in [-0.2, -0.15) is 0 Å². The number of hydrogen-bond donors (Lipinski definition) is 1. The molecule has 0 saturated carbocycles. The fourth-order valence-electron chi connectivity index (χ4n) is 2.90. The van der Waals surface area contributed by atoms with Crippen LogP contribution in [0.1, 0.15) is 42.9 Å². The molecule has 3 aromatic rings. The second-order valence-corrected chi connectivity index (χ2v) is 8.65. The number of amides is 2. The van der Waals surface area contributed by atoms with Gasteiger partial charge in [0, 0.05) is 27.2 Å². The summed E-state index contributed by atoms with van der Waals surface area (Å²) < 4.78 is 18.5. The first kappa shape index (κ1) is 21.9. The van der Waals surface area contributed by atoms with E-state index in [1.807, 2.05) is 20.8 Å². The Morgan fingerprint density at radius 3 is 2.37 bits per heavy atom. The van der Waals surface area contributed by atoms with Crippen LogP contribution in [0.15, 0.2) is 53.9 Å². The van der Waals surface area contributed by atoms with E-state index in [2.05, 4.69) is 14.9 Å². The monoisotopic (exact) mass is 446 g/mol. The fourth-order valence-corrected chi connectivity index (χ4v) is 3.45. The molecule has 0 radical (unpaired) electrons. The van der Waals surface area contributed by atoms with Gasteiger partial charge in [0.05, 0.1) is 0 Å². The van der Waals surface area contributed by atoms with Gasteiger partial charge >= 0.3 is 0 Å². The molecule has 1 aromatic heterocycles. The zero-order valence-electron chi connectivity index (χ0n) is 16.6. The van der Waals surface area contributed by atoms with Gasteiger partial charge in [-0.3, -0.25) is 14.5 Å². The highest BCUT2D eigenvalue weighted by Gasteiger charge is 2.37. The molecule has 9 heteroatoms. The molecule has 1 heterocycles. The number of aromatic nitrogens is 2. The fraction of sp³-hybridized carbons (Fsp3) is 0.238. The van der Waals surface area contributed by atoms with Gasteiger partial charge in [-0.25, -0.2) is 4.39 Å². The molecule has 2 amide bonds. The highest BCUT2D eigenvalue weighted by molar-refractivity contribution is 7.03. The summed E-state index contributed by atoms with van der Waals surface area (Å²) in [7, 11) is 0. The summed E-state index contributed by atoms with van der Waals surface area (Å²) in [6, 6.07) is 11.0. The van der Waals surface area contributed by atoms with Gasteiger partial charge in [0.25, 0.3) is 5.91 Å². The molecule has 0 fully saturated rings. The Labute approximate surface area is 182 Å². The average molecular weight is 447 g/mol. The molecule has 0 aliphatic carbocycles. The second kappa shape index (κ2) is 8.89. The third-order valence-corrected chi connectivity index (χ3v) is 4.86. The lowest BCUT2D eigenvalue weighted by Gasteiger charge is -2.33. The van der Waals surface area contributed by atoms with Crippen molar-refractivity contribution in [3.8, 4) is 0 Å². The first-order chi connectivity index (χ1) is 14.2. The van der Waals surface area contributed by atoms with E-state index in [1.165, 1.54) is 28.5 Å². The van der Waals surface area contributed by atoms with E-state index in [0.29, 0.717) is 10.7 Å². The maximum Gasteiger partial charge on any atom is 0.280 e. The molecule has 0 unspecified atom stereocenters. The summed E-state index contributed by atoms with van der Waals surface area (Å²) in [6.07, 6.45) is 0. The number of hydrogen-bond acceptors (Lipinski definition) is 5. The Morgan fingerprint density at radius 1 is 1.13 bits per heavy atom. The molecule has 0 spiro atoms. The van der Waals surface area contributed by atoms with Gasteiger partial charge in [-0.15, -0.1) is 5.10 Å². The van der Waals surface area contributed by atoms with Crippen LogP contribution in [0.5, 0.6) is 0 Å². The summed E-state index contributed by atoms with van der Waals surface area (Å²) in [4.78, 5) is 27.9. The minimum atomic E-state index is -1.28. The van der Waals surface area contributed by atoms with Crippen LogP contribution in [0.4, 0.5) is 10.1 Å². The van der Waals surface area contributed by atoms with Gasteiger partial charge < -0.3 is 5.32 Å². The second-order valence-electron chi connectivity index (χ2n) is 7.61. The van der Waals surface area contributed by atoms with Gasteiger partial charge in [0.1, 0.15) is 11.9 Å². The summed E-state index contributed by atoms with van der Waals surface area (Å²) >= 11 is 7.01. The van der Waals surface area contributed by atoms with E-state index in [4.69, 9.17) is 11.6 Å². The Hall–Kier alpha value is -2.84. The summed E-state index contributed by atoms with van der Waals surface area (Å²) in [5.74, 6) is -1.71. The zero-order valence-corrected chi connectivity index (χ0v) is 18.2. The molecule has 0 aliphatic heterocycles. The van der Waals surface area contributed by atoms with Gasteiger partial charge in [0.15, 0.2) is 5.69 Å². The molecule has 30 heavy (non-hydrogen) atoms. The maximum absolute atomic E-state index is 14.8. The van der Waals surface area contributed by atoms with Crippen molar-refractivity contribution in [1.29, 1.82) is 0 Å². The van der Waals surface area contributed by atoms with E-state index < -0.39 is 29.2 Å². The highest BCUT2D eigenvalue weighted by Crippen LogP contribution is 2.32. The van der Waals surface area contributed by atoms with Crippen LogP contribution in [0.3, 0.4) is 0 Å². The molecule has 1 N–H and O–H groups in total. The van der Waals surface area contributed by atoms with Crippen molar-refractivity contribution in [1.82, 2.24) is 14.9 Å². The van der Waals surface area contributed by atoms with E-state index in [-0.39, 0.29) is 11.3 Å². The number of carbonyl (C=O) groups excluding carboxylic acids is 2. The van der Waals surface area contributed by atoms with E-state index in [0.717, 1.165) is 11.5 Å². The minimum absolute atomic E-state index is 0.0554. The van der Waals surface area contributed by atoms with Crippen molar-refractivity contribution in [2.24, 2.45) is 0 Å². The number of rotatable bonds is 5. The largest absolute Gasteiger partial charge is 0.349 e. The number of halogens is 2. The molecular formula is C21H20ClFN4O2S. The number of benzene rings is 2. The Kier molecular flexibility index (Phi) is 6.48. The molecule has 0 saturated heterocycles. The lowest BCUT2D eigenvalue weighted by molar-refractivity contribution is -0.124. The molecule has 0 aliphatic rings. The van der Waals surface area contributed by atoms with Gasteiger partial charge in [0.2, 0.25) is 5.91 Å². The smallest absolute Gasteiger partial charge is 0.280 e. The molecule has 2 aromatic carbocycles. The third kappa shape index (κ3) is 5.01. The van der Waals surface area contributed by atoms with E-state index in [1.54, 1.807) is 30.3 Å². The topological polar surface area (TPSA) is 75.2 Å². The molecule has 1 atom stereocenters. The average Bonchev–Trinajstić information content (AvgIpc) is 3.21. The van der Waals surface area contributed by atoms with Crippen LogP contribution >= 0.6 is 23.1 Å². The number of carbonyl (C=O) groups is 2. The predicted octanol–water partition coefficient (Wildman–Crippen LogP) is 4.63. The van der Waals surface area contributed by atoms with Gasteiger partial charge in [-0.05, 0) is 62.6 Å². The highest BCUT2D eigenvalue weighted by atomic mass is 35.5. The first-order valence-electron chi connectivity index (χ1n) is 9.10. The van der Waals surface area contributed by atoms with Crippen molar-refractivity contribution >= 4 is 40.6 Å². The maximum atomic E-state index is 14.8. The molecule has 0 bridgehead atoms. The van der Waals surface area contributed by atoms with Crippen LogP contribution in [0.2, 0.25) is 5.02 Å². The van der Waals surface area contributed by atoms with E-state index >= 15 is 0 Å². The van der Waals surface area contributed by atoms with Crippen molar-refractivity contribution in [3.63, 3.8) is 0 Å². The molecule has 6 nitrogen and oxygen atoms in total. The third-order valence-electron chi connectivity index (χ3n) is 4.11. The Morgan fingerprint density at radius 2 is 1.80 bits per heavy atom. The van der Waals surface area contributed by atoms with Crippen LogP contribution in [-0.4, -0.2) is 26.9 Å². The standard InChI is InChI=1S/C21H20ClFN4O2S/c1-21(2,3)24-19(28)18(15-6-4-5-7-16(15)23)27(14-10-8-13(22)9-11-14)20(29)17-12-30-26-25-17/h4-12,18H,1-3H3,(H,24,28)/t18-/m1/s1. The summed E-state index contributed by atoms with van der Waals surface area (Å²) in [5.41, 5.74) is -0.113. The number of nitrogens with one attached hydrogen (secondary N) is 1. The lowest BCUT2D eigenvalue weighted by Crippen LogP contribution is -2.49. The van der Waals surface area contributed by atoms with Gasteiger partial charge in [-0.1, -0.05) is 34.3 Å². The molecular weight excluding hydrogens is 427 g/mol. The zero-order chi connectivity index (χ0) is 21.9. The van der Waals surface area contributed by atoms with E-state index in [9.17, 15) is 14.0 Å². The molecule has 3 rings (SSSR count). The Balaban J connectivity index is 2.19. The number of nitrogens with zero attached hydrogens (tertiary/aromatic N) is 3. The summed E-state index contributed by atoms with van der Waals surface area (Å²) in [6.45, 7) is 5.42. The van der Waals surface area contributed by atoms with Crippen LogP contribution in [0, 0.1) is 5.82 Å². The normalized spacial score (nSPS) is 12.3. The Bertz CT molecular complexity index is 1040.